The first kappa shape index (κ1) is 17.8. The molecule has 1 N–H and O–H groups in total. The van der Waals surface area contributed by atoms with Crippen molar-refractivity contribution in [2.75, 3.05) is 26.2 Å². The smallest absolute Gasteiger partial charge is 0.320 e. The molecule has 0 bridgehead atoms. The third kappa shape index (κ3) is 4.25. The molecular weight excluding hydrogens is 288 g/mol. The molecule has 1 heterocycles. The average Bonchev–Trinajstić information content (AvgIpc) is 2.87. The van der Waals surface area contributed by atoms with Gasteiger partial charge in [0, 0.05) is 32.2 Å². The number of hydrogen-bond acceptors (Lipinski definition) is 2. The normalized spacial score (nSPS) is 19.7. The Bertz CT molecular complexity index is 489. The molecule has 0 aliphatic carbocycles. The number of benzene rings is 1. The van der Waals surface area contributed by atoms with Crippen LogP contribution in [0.2, 0.25) is 0 Å². The highest BCUT2D eigenvalue weighted by Crippen LogP contribution is 2.28. The molecule has 4 nitrogen and oxygen atoms in total. The number of urea groups is 1. The van der Waals surface area contributed by atoms with E-state index >= 15 is 0 Å². The molecule has 1 fully saturated rings. The van der Waals surface area contributed by atoms with E-state index < -0.39 is 0 Å². The van der Waals surface area contributed by atoms with Gasteiger partial charge in [-0.25, -0.2) is 4.79 Å². The number of aliphatic hydroxyl groups is 1. The predicted octanol–water partition coefficient (Wildman–Crippen LogP) is 3.32. The topological polar surface area (TPSA) is 43.8 Å². The second kappa shape index (κ2) is 8.34. The molecule has 1 aromatic rings. The Morgan fingerprint density at radius 1 is 1.26 bits per heavy atom. The standard InChI is InChI=1S/C19H30N2O2/c1-4-16(17-9-6-5-7-10-17)13-21-18(15(2)3)14-20(19(21)23)11-8-12-22/h5-7,9-10,15-16,18,22H,4,8,11-14H2,1-3H3/t16?,18-/m1/s1. The Hall–Kier alpha value is -1.55. The summed E-state index contributed by atoms with van der Waals surface area (Å²) < 4.78 is 0. The van der Waals surface area contributed by atoms with E-state index in [1.54, 1.807) is 0 Å². The summed E-state index contributed by atoms with van der Waals surface area (Å²) in [6.07, 6.45) is 1.68. The zero-order valence-corrected chi connectivity index (χ0v) is 14.6. The van der Waals surface area contributed by atoms with Crippen LogP contribution in [0.15, 0.2) is 30.3 Å². The lowest BCUT2D eigenvalue weighted by Gasteiger charge is -2.30. The van der Waals surface area contributed by atoms with E-state index in [0.717, 1.165) is 19.5 Å². The van der Waals surface area contributed by atoms with Crippen molar-refractivity contribution >= 4 is 6.03 Å². The minimum Gasteiger partial charge on any atom is -0.396 e. The summed E-state index contributed by atoms with van der Waals surface area (Å²) in [5.74, 6) is 0.811. The molecular formula is C19H30N2O2. The summed E-state index contributed by atoms with van der Waals surface area (Å²) >= 11 is 0. The van der Waals surface area contributed by atoms with E-state index in [4.69, 9.17) is 5.11 Å². The van der Waals surface area contributed by atoms with Crippen molar-refractivity contribution in [1.29, 1.82) is 0 Å². The van der Waals surface area contributed by atoms with Crippen LogP contribution in [0.25, 0.3) is 0 Å². The van der Waals surface area contributed by atoms with Crippen LogP contribution in [-0.4, -0.2) is 53.2 Å². The Kier molecular flexibility index (Phi) is 6.46. The summed E-state index contributed by atoms with van der Waals surface area (Å²) in [6, 6.07) is 10.9. The van der Waals surface area contributed by atoms with Gasteiger partial charge in [0.15, 0.2) is 0 Å². The van der Waals surface area contributed by atoms with Crippen LogP contribution >= 0.6 is 0 Å². The van der Waals surface area contributed by atoms with Gasteiger partial charge < -0.3 is 14.9 Å². The molecule has 0 radical (unpaired) electrons. The lowest BCUT2D eigenvalue weighted by atomic mass is 9.94. The molecule has 1 aromatic carbocycles. The van der Waals surface area contributed by atoms with Gasteiger partial charge in [-0.05, 0) is 24.3 Å². The third-order valence-electron chi connectivity index (χ3n) is 4.86. The second-order valence-electron chi connectivity index (χ2n) is 6.79. The van der Waals surface area contributed by atoms with E-state index in [-0.39, 0.29) is 18.7 Å². The van der Waals surface area contributed by atoms with Crippen LogP contribution < -0.4 is 0 Å². The quantitative estimate of drug-likeness (QED) is 0.799. The van der Waals surface area contributed by atoms with E-state index in [9.17, 15) is 4.79 Å². The summed E-state index contributed by atoms with van der Waals surface area (Å²) in [5, 5.41) is 9.03. The molecule has 0 spiro atoms. The summed E-state index contributed by atoms with van der Waals surface area (Å²) in [7, 11) is 0. The van der Waals surface area contributed by atoms with Gasteiger partial charge in [-0.1, -0.05) is 51.1 Å². The van der Waals surface area contributed by atoms with Crippen molar-refractivity contribution in [3.05, 3.63) is 35.9 Å². The first-order valence-corrected chi connectivity index (χ1v) is 8.79. The number of amides is 2. The van der Waals surface area contributed by atoms with Crippen molar-refractivity contribution in [2.45, 2.75) is 45.6 Å². The minimum absolute atomic E-state index is 0.131. The molecule has 1 saturated heterocycles. The molecule has 2 amide bonds. The molecule has 1 aliphatic heterocycles. The third-order valence-corrected chi connectivity index (χ3v) is 4.86. The molecule has 2 atom stereocenters. The maximum absolute atomic E-state index is 12.8. The predicted molar refractivity (Wildman–Crippen MR) is 93.5 cm³/mol. The maximum atomic E-state index is 12.8. The van der Waals surface area contributed by atoms with Crippen LogP contribution in [0.3, 0.4) is 0 Å². The molecule has 128 valence electrons. The number of nitrogens with zero attached hydrogens (tertiary/aromatic N) is 2. The fourth-order valence-corrected chi connectivity index (χ4v) is 3.39. The van der Waals surface area contributed by atoms with Crippen molar-refractivity contribution in [1.82, 2.24) is 9.80 Å². The van der Waals surface area contributed by atoms with E-state index in [0.29, 0.717) is 24.8 Å². The van der Waals surface area contributed by atoms with Crippen LogP contribution in [0, 0.1) is 5.92 Å². The number of aliphatic hydroxyl groups excluding tert-OH is 1. The van der Waals surface area contributed by atoms with Gasteiger partial charge in [-0.3, -0.25) is 0 Å². The van der Waals surface area contributed by atoms with E-state index in [1.807, 2.05) is 11.0 Å². The lowest BCUT2D eigenvalue weighted by Crippen LogP contribution is -2.40. The van der Waals surface area contributed by atoms with Crippen LogP contribution in [0.5, 0.6) is 0 Å². The van der Waals surface area contributed by atoms with Crippen LogP contribution in [-0.2, 0) is 0 Å². The first-order valence-electron chi connectivity index (χ1n) is 8.79. The highest BCUT2D eigenvalue weighted by Gasteiger charge is 2.39. The van der Waals surface area contributed by atoms with Crippen molar-refractivity contribution in [2.24, 2.45) is 5.92 Å². The molecule has 0 aromatic heterocycles. The number of hydrogen-bond donors (Lipinski definition) is 1. The Morgan fingerprint density at radius 2 is 1.96 bits per heavy atom. The Balaban J connectivity index is 2.12. The van der Waals surface area contributed by atoms with E-state index in [1.165, 1.54) is 5.56 Å². The molecule has 1 aliphatic rings. The molecule has 23 heavy (non-hydrogen) atoms. The Labute approximate surface area is 140 Å². The van der Waals surface area contributed by atoms with Gasteiger partial charge in [-0.15, -0.1) is 0 Å². The largest absolute Gasteiger partial charge is 0.396 e. The number of rotatable bonds is 8. The highest BCUT2D eigenvalue weighted by atomic mass is 16.3. The SMILES string of the molecule is CCC(CN1C(=O)N(CCCO)C[C@@H]1C(C)C)c1ccccc1. The van der Waals surface area contributed by atoms with Gasteiger partial charge in [0.25, 0.3) is 0 Å². The van der Waals surface area contributed by atoms with Crippen LogP contribution in [0.1, 0.15) is 45.1 Å². The highest BCUT2D eigenvalue weighted by molar-refractivity contribution is 5.77. The van der Waals surface area contributed by atoms with Gasteiger partial charge in [0.05, 0.1) is 6.04 Å². The first-order chi connectivity index (χ1) is 11.1. The monoisotopic (exact) mass is 318 g/mol. The van der Waals surface area contributed by atoms with Crippen LogP contribution in [0.4, 0.5) is 4.79 Å². The minimum atomic E-state index is 0.131. The molecule has 0 saturated carbocycles. The number of carbonyl (C=O) groups is 1. The van der Waals surface area contributed by atoms with Gasteiger partial charge in [-0.2, -0.15) is 0 Å². The van der Waals surface area contributed by atoms with Gasteiger partial charge >= 0.3 is 6.03 Å². The summed E-state index contributed by atoms with van der Waals surface area (Å²) in [6.45, 7) is 8.90. The lowest BCUT2D eigenvalue weighted by molar-refractivity contribution is 0.173. The molecule has 2 rings (SSSR count). The summed E-state index contributed by atoms with van der Waals surface area (Å²) in [5.41, 5.74) is 1.30. The maximum Gasteiger partial charge on any atom is 0.320 e. The summed E-state index contributed by atoms with van der Waals surface area (Å²) in [4.78, 5) is 16.7. The fourth-order valence-electron chi connectivity index (χ4n) is 3.39. The number of carbonyl (C=O) groups excluding carboxylic acids is 1. The molecule has 4 heteroatoms. The van der Waals surface area contributed by atoms with Gasteiger partial charge in [0.1, 0.15) is 0 Å². The molecule has 1 unspecified atom stereocenters. The second-order valence-corrected chi connectivity index (χ2v) is 6.79. The fraction of sp³-hybridized carbons (Fsp3) is 0.632. The van der Waals surface area contributed by atoms with E-state index in [2.05, 4.69) is 49.9 Å². The van der Waals surface area contributed by atoms with Gasteiger partial charge in [0.2, 0.25) is 0 Å². The Morgan fingerprint density at radius 3 is 2.52 bits per heavy atom. The zero-order valence-electron chi connectivity index (χ0n) is 14.6. The van der Waals surface area contributed by atoms with Crippen molar-refractivity contribution < 1.29 is 9.90 Å². The zero-order chi connectivity index (χ0) is 16.8. The average molecular weight is 318 g/mol. The van der Waals surface area contributed by atoms with Crippen molar-refractivity contribution in [3.8, 4) is 0 Å². The van der Waals surface area contributed by atoms with Crippen molar-refractivity contribution in [3.63, 3.8) is 0 Å².